The van der Waals surface area contributed by atoms with Crippen molar-refractivity contribution in [1.82, 2.24) is 4.57 Å². The summed E-state index contributed by atoms with van der Waals surface area (Å²) in [5.74, 6) is -0.558. The van der Waals surface area contributed by atoms with E-state index in [-0.39, 0.29) is 19.8 Å². The van der Waals surface area contributed by atoms with E-state index < -0.39 is 11.9 Å². The van der Waals surface area contributed by atoms with Gasteiger partial charge in [0, 0.05) is 5.02 Å². The fraction of sp³-hybridized carbons (Fsp3) is 0.250. The van der Waals surface area contributed by atoms with Crippen LogP contribution in [0.5, 0.6) is 5.75 Å². The van der Waals surface area contributed by atoms with Crippen LogP contribution in [0.2, 0.25) is 10.0 Å². The molecular formula is C20H18Cl2N2O4S. The minimum Gasteiger partial charge on any atom is -0.482 e. The summed E-state index contributed by atoms with van der Waals surface area (Å²) in [4.78, 5) is 29.0. The maximum Gasteiger partial charge on any atom is 0.326 e. The van der Waals surface area contributed by atoms with Crippen molar-refractivity contribution in [3.63, 3.8) is 0 Å². The predicted octanol–water partition coefficient (Wildman–Crippen LogP) is 4.39. The van der Waals surface area contributed by atoms with Gasteiger partial charge in [0.2, 0.25) is 0 Å². The molecule has 3 rings (SSSR count). The van der Waals surface area contributed by atoms with Crippen molar-refractivity contribution in [2.75, 3.05) is 13.2 Å². The quantitative estimate of drug-likeness (QED) is 0.520. The highest BCUT2D eigenvalue weighted by atomic mass is 35.5. The van der Waals surface area contributed by atoms with E-state index in [0.29, 0.717) is 20.6 Å². The molecule has 6 nitrogen and oxygen atoms in total. The monoisotopic (exact) mass is 452 g/mol. The van der Waals surface area contributed by atoms with E-state index in [1.807, 2.05) is 25.1 Å². The lowest BCUT2D eigenvalue weighted by atomic mass is 10.2. The molecule has 0 unspecified atom stereocenters. The average molecular weight is 453 g/mol. The Morgan fingerprint density at radius 1 is 1.21 bits per heavy atom. The SMILES string of the molecule is CCOC(=O)Cn1c(=NC(=O)COc2ccc(Cl)cc2Cl)sc2cccc(C)c21. The minimum atomic E-state index is -0.502. The molecule has 29 heavy (non-hydrogen) atoms. The Bertz CT molecular complexity index is 1140. The van der Waals surface area contributed by atoms with Crippen molar-refractivity contribution in [2.24, 2.45) is 4.99 Å². The zero-order chi connectivity index (χ0) is 21.0. The standard InChI is InChI=1S/C20H18Cl2N2O4S/c1-3-27-18(26)10-24-19-12(2)5-4-6-16(19)29-20(24)23-17(25)11-28-15-8-7-13(21)9-14(15)22/h4-9H,3,10-11H2,1-2H3. The first kappa shape index (κ1) is 21.4. The van der Waals surface area contributed by atoms with Gasteiger partial charge in [0.1, 0.15) is 12.3 Å². The van der Waals surface area contributed by atoms with Crippen LogP contribution in [-0.2, 0) is 20.9 Å². The first-order chi connectivity index (χ1) is 13.9. The van der Waals surface area contributed by atoms with Crippen LogP contribution in [0, 0.1) is 6.92 Å². The zero-order valence-corrected chi connectivity index (χ0v) is 18.1. The summed E-state index contributed by atoms with van der Waals surface area (Å²) in [6.07, 6.45) is 0. The van der Waals surface area contributed by atoms with E-state index in [4.69, 9.17) is 32.7 Å². The molecule has 3 aromatic rings. The van der Waals surface area contributed by atoms with E-state index in [1.165, 1.54) is 17.4 Å². The van der Waals surface area contributed by atoms with Gasteiger partial charge in [-0.1, -0.05) is 46.7 Å². The molecule has 2 aromatic carbocycles. The molecule has 1 amide bonds. The number of halogens is 2. The number of carbonyl (C=O) groups is 2. The number of ether oxygens (including phenoxy) is 2. The zero-order valence-electron chi connectivity index (χ0n) is 15.8. The number of para-hydroxylation sites is 1. The summed E-state index contributed by atoms with van der Waals surface area (Å²) in [6.45, 7) is 3.63. The van der Waals surface area contributed by atoms with Gasteiger partial charge < -0.3 is 14.0 Å². The highest BCUT2D eigenvalue weighted by molar-refractivity contribution is 7.16. The Balaban J connectivity index is 1.90. The highest BCUT2D eigenvalue weighted by Gasteiger charge is 2.14. The van der Waals surface area contributed by atoms with Crippen molar-refractivity contribution >= 4 is 56.6 Å². The Labute approximate surface area is 181 Å². The molecule has 0 bridgehead atoms. The molecule has 0 aliphatic rings. The number of esters is 1. The molecule has 0 spiro atoms. The number of rotatable bonds is 6. The summed E-state index contributed by atoms with van der Waals surface area (Å²) in [7, 11) is 0. The minimum absolute atomic E-state index is 0.0331. The van der Waals surface area contributed by atoms with Crippen LogP contribution in [0.15, 0.2) is 41.4 Å². The fourth-order valence-electron chi connectivity index (χ4n) is 2.75. The number of benzene rings is 2. The van der Waals surface area contributed by atoms with Crippen LogP contribution >= 0.6 is 34.5 Å². The molecule has 0 fully saturated rings. The van der Waals surface area contributed by atoms with E-state index in [1.54, 1.807) is 23.6 Å². The average Bonchev–Trinajstić information content (AvgIpc) is 2.99. The lowest BCUT2D eigenvalue weighted by Gasteiger charge is -2.07. The van der Waals surface area contributed by atoms with Crippen molar-refractivity contribution in [3.05, 3.63) is 56.8 Å². The number of nitrogens with zero attached hydrogens (tertiary/aromatic N) is 2. The van der Waals surface area contributed by atoms with Crippen LogP contribution in [0.25, 0.3) is 10.2 Å². The molecule has 0 atom stereocenters. The topological polar surface area (TPSA) is 69.9 Å². The second kappa shape index (κ2) is 9.43. The third-order valence-corrected chi connectivity index (χ3v) is 5.53. The number of fused-ring (bicyclic) bond motifs is 1. The van der Waals surface area contributed by atoms with Crippen molar-refractivity contribution in [2.45, 2.75) is 20.4 Å². The Morgan fingerprint density at radius 3 is 2.72 bits per heavy atom. The van der Waals surface area contributed by atoms with E-state index in [2.05, 4.69) is 4.99 Å². The summed E-state index contributed by atoms with van der Waals surface area (Å²) in [5, 5.41) is 0.777. The molecule has 0 N–H and O–H groups in total. The van der Waals surface area contributed by atoms with Gasteiger partial charge in [-0.05, 0) is 43.7 Å². The molecule has 0 aliphatic carbocycles. The number of hydrogen-bond donors (Lipinski definition) is 0. The largest absolute Gasteiger partial charge is 0.482 e. The molecule has 1 aromatic heterocycles. The number of hydrogen-bond acceptors (Lipinski definition) is 5. The normalized spacial score (nSPS) is 11.7. The second-order valence-corrected chi connectivity index (χ2v) is 7.92. The van der Waals surface area contributed by atoms with Gasteiger partial charge in [-0.3, -0.25) is 9.59 Å². The van der Waals surface area contributed by atoms with E-state index in [0.717, 1.165) is 15.8 Å². The molecular weight excluding hydrogens is 435 g/mol. The molecule has 0 saturated heterocycles. The Kier molecular flexibility index (Phi) is 6.95. The number of carbonyl (C=O) groups excluding carboxylic acids is 2. The van der Waals surface area contributed by atoms with Crippen molar-refractivity contribution < 1.29 is 19.1 Å². The predicted molar refractivity (Wildman–Crippen MR) is 114 cm³/mol. The molecule has 1 heterocycles. The van der Waals surface area contributed by atoms with Gasteiger partial charge in [-0.2, -0.15) is 4.99 Å². The van der Waals surface area contributed by atoms with E-state index in [9.17, 15) is 9.59 Å². The van der Waals surface area contributed by atoms with Gasteiger partial charge in [-0.15, -0.1) is 0 Å². The Morgan fingerprint density at radius 2 is 2.00 bits per heavy atom. The molecule has 0 radical (unpaired) electrons. The number of aromatic nitrogens is 1. The van der Waals surface area contributed by atoms with Gasteiger partial charge in [0.05, 0.1) is 21.8 Å². The van der Waals surface area contributed by atoms with Crippen LogP contribution < -0.4 is 9.54 Å². The third kappa shape index (κ3) is 5.18. The van der Waals surface area contributed by atoms with Crippen LogP contribution in [0.1, 0.15) is 12.5 Å². The summed E-state index contributed by atoms with van der Waals surface area (Å²) < 4.78 is 13.1. The maximum atomic E-state index is 12.4. The van der Waals surface area contributed by atoms with Gasteiger partial charge in [0.15, 0.2) is 11.4 Å². The van der Waals surface area contributed by atoms with Crippen LogP contribution in [-0.4, -0.2) is 29.7 Å². The smallest absolute Gasteiger partial charge is 0.326 e. The Hall–Kier alpha value is -2.35. The number of aryl methyl sites for hydroxylation is 1. The first-order valence-electron chi connectivity index (χ1n) is 8.79. The summed E-state index contributed by atoms with van der Waals surface area (Å²) in [6, 6.07) is 10.5. The van der Waals surface area contributed by atoms with Crippen molar-refractivity contribution in [3.8, 4) is 5.75 Å². The maximum absolute atomic E-state index is 12.4. The third-order valence-electron chi connectivity index (χ3n) is 3.96. The van der Waals surface area contributed by atoms with Gasteiger partial charge in [-0.25, -0.2) is 0 Å². The molecule has 0 aliphatic heterocycles. The lowest BCUT2D eigenvalue weighted by Crippen LogP contribution is -2.24. The number of thiazole rings is 1. The molecule has 9 heteroatoms. The van der Waals surface area contributed by atoms with Gasteiger partial charge in [0.25, 0.3) is 5.91 Å². The lowest BCUT2D eigenvalue weighted by molar-refractivity contribution is -0.143. The fourth-order valence-corrected chi connectivity index (χ4v) is 4.33. The number of amides is 1. The summed E-state index contributed by atoms with van der Waals surface area (Å²) in [5.41, 5.74) is 1.82. The van der Waals surface area contributed by atoms with Crippen LogP contribution in [0.4, 0.5) is 0 Å². The van der Waals surface area contributed by atoms with E-state index >= 15 is 0 Å². The first-order valence-corrected chi connectivity index (χ1v) is 10.4. The second-order valence-electron chi connectivity index (χ2n) is 6.07. The van der Waals surface area contributed by atoms with Crippen molar-refractivity contribution in [1.29, 1.82) is 0 Å². The van der Waals surface area contributed by atoms with Gasteiger partial charge >= 0.3 is 5.97 Å². The molecule has 152 valence electrons. The summed E-state index contributed by atoms with van der Waals surface area (Å²) >= 11 is 13.2. The molecule has 0 saturated carbocycles. The highest BCUT2D eigenvalue weighted by Crippen LogP contribution is 2.27. The van der Waals surface area contributed by atoms with Crippen LogP contribution in [0.3, 0.4) is 0 Å².